The van der Waals surface area contributed by atoms with Gasteiger partial charge in [0.1, 0.15) is 22.9 Å². The summed E-state index contributed by atoms with van der Waals surface area (Å²) < 4.78 is 16.1. The van der Waals surface area contributed by atoms with Crippen molar-refractivity contribution < 1.29 is 19.0 Å². The molecule has 7 nitrogen and oxygen atoms in total. The van der Waals surface area contributed by atoms with E-state index in [1.807, 2.05) is 32.0 Å². The molecule has 0 aliphatic rings. The molecular weight excluding hydrogens is 346 g/mol. The van der Waals surface area contributed by atoms with Crippen LogP contribution < -0.4 is 20.1 Å². The Kier molecular flexibility index (Phi) is 7.12. The summed E-state index contributed by atoms with van der Waals surface area (Å²) in [5.41, 5.74) is -0.247. The summed E-state index contributed by atoms with van der Waals surface area (Å²) in [7, 11) is 3.27. The molecule has 27 heavy (non-hydrogen) atoms. The van der Waals surface area contributed by atoms with Gasteiger partial charge in [0.2, 0.25) is 0 Å². The Morgan fingerprint density at radius 2 is 2.07 bits per heavy atom. The highest BCUT2D eigenvalue weighted by Crippen LogP contribution is 2.29. The SMILES string of the molecule is CCNC(=NCC(C)(O)c1ccco1)NC(C)c1cc(OC)ccc1OC. The van der Waals surface area contributed by atoms with Crippen LogP contribution in [0.4, 0.5) is 0 Å². The second-order valence-electron chi connectivity index (χ2n) is 6.42. The third-order valence-corrected chi connectivity index (χ3v) is 4.20. The fourth-order valence-electron chi connectivity index (χ4n) is 2.68. The predicted molar refractivity (Wildman–Crippen MR) is 105 cm³/mol. The van der Waals surface area contributed by atoms with Gasteiger partial charge in [-0.2, -0.15) is 0 Å². The molecule has 0 aliphatic carbocycles. The van der Waals surface area contributed by atoms with Crippen LogP contribution in [0.1, 0.15) is 38.1 Å². The monoisotopic (exact) mass is 375 g/mol. The lowest BCUT2D eigenvalue weighted by Crippen LogP contribution is -2.40. The number of nitrogens with one attached hydrogen (secondary N) is 2. The van der Waals surface area contributed by atoms with Crippen molar-refractivity contribution in [2.24, 2.45) is 4.99 Å². The molecule has 2 unspecified atom stereocenters. The molecule has 2 aromatic rings. The molecule has 1 aromatic heterocycles. The molecule has 0 saturated heterocycles. The maximum absolute atomic E-state index is 10.6. The van der Waals surface area contributed by atoms with E-state index in [1.54, 1.807) is 33.3 Å². The Morgan fingerprint density at radius 3 is 2.67 bits per heavy atom. The number of benzene rings is 1. The lowest BCUT2D eigenvalue weighted by molar-refractivity contribution is 0.0437. The molecule has 0 fully saturated rings. The molecule has 0 aliphatic heterocycles. The van der Waals surface area contributed by atoms with Crippen molar-refractivity contribution in [3.8, 4) is 11.5 Å². The molecule has 0 saturated carbocycles. The number of methoxy groups -OCH3 is 2. The predicted octanol–water partition coefficient (Wildman–Crippen LogP) is 2.82. The number of rotatable bonds is 8. The van der Waals surface area contributed by atoms with Gasteiger partial charge in [0.15, 0.2) is 5.96 Å². The van der Waals surface area contributed by atoms with E-state index in [1.165, 1.54) is 6.26 Å². The van der Waals surface area contributed by atoms with Crippen LogP contribution in [0.15, 0.2) is 46.0 Å². The summed E-state index contributed by atoms with van der Waals surface area (Å²) in [4.78, 5) is 4.52. The first-order valence-electron chi connectivity index (χ1n) is 8.94. The van der Waals surface area contributed by atoms with Crippen molar-refractivity contribution >= 4 is 5.96 Å². The van der Waals surface area contributed by atoms with Crippen LogP contribution in [-0.4, -0.2) is 38.4 Å². The molecule has 2 rings (SSSR count). The second kappa shape index (κ2) is 9.32. The molecule has 0 amide bonds. The third kappa shape index (κ3) is 5.40. The average molecular weight is 375 g/mol. The average Bonchev–Trinajstić information content (AvgIpc) is 3.21. The number of nitrogens with zero attached hydrogens (tertiary/aromatic N) is 1. The van der Waals surface area contributed by atoms with Crippen molar-refractivity contribution in [2.75, 3.05) is 27.3 Å². The molecule has 1 aromatic carbocycles. The van der Waals surface area contributed by atoms with Crippen LogP contribution >= 0.6 is 0 Å². The first-order valence-corrected chi connectivity index (χ1v) is 8.94. The number of hydrogen-bond acceptors (Lipinski definition) is 5. The molecular formula is C20H29N3O4. The molecule has 148 valence electrons. The van der Waals surface area contributed by atoms with Crippen LogP contribution in [0.3, 0.4) is 0 Å². The highest BCUT2D eigenvalue weighted by atomic mass is 16.5. The Labute approximate surface area is 160 Å². The Hall–Kier alpha value is -2.67. The first-order chi connectivity index (χ1) is 12.9. The zero-order valence-electron chi connectivity index (χ0n) is 16.6. The fourth-order valence-corrected chi connectivity index (χ4v) is 2.68. The van der Waals surface area contributed by atoms with E-state index in [0.29, 0.717) is 18.3 Å². The molecule has 2 atom stereocenters. The Morgan fingerprint density at radius 1 is 1.30 bits per heavy atom. The topological polar surface area (TPSA) is 88.3 Å². The Balaban J connectivity index is 2.17. The van der Waals surface area contributed by atoms with Gasteiger partial charge in [-0.25, -0.2) is 4.99 Å². The van der Waals surface area contributed by atoms with Gasteiger partial charge in [-0.05, 0) is 51.1 Å². The van der Waals surface area contributed by atoms with Crippen LogP contribution in [0.25, 0.3) is 0 Å². The highest BCUT2D eigenvalue weighted by Gasteiger charge is 2.26. The van der Waals surface area contributed by atoms with Gasteiger partial charge < -0.3 is 29.6 Å². The summed E-state index contributed by atoms with van der Waals surface area (Å²) in [5, 5.41) is 17.1. The molecule has 0 spiro atoms. The first kappa shape index (κ1) is 20.6. The summed E-state index contributed by atoms with van der Waals surface area (Å²) in [6.45, 7) is 6.51. The second-order valence-corrected chi connectivity index (χ2v) is 6.42. The van der Waals surface area contributed by atoms with Crippen LogP contribution in [0.2, 0.25) is 0 Å². The number of furan rings is 1. The number of aliphatic imine (C=N–C) groups is 1. The van der Waals surface area contributed by atoms with Crippen molar-refractivity contribution in [3.05, 3.63) is 47.9 Å². The van der Waals surface area contributed by atoms with Crippen molar-refractivity contribution in [2.45, 2.75) is 32.4 Å². The van der Waals surface area contributed by atoms with Gasteiger partial charge in [0.05, 0.1) is 33.1 Å². The molecule has 1 heterocycles. The highest BCUT2D eigenvalue weighted by molar-refractivity contribution is 5.80. The van der Waals surface area contributed by atoms with E-state index in [0.717, 1.165) is 17.1 Å². The Bertz CT molecular complexity index is 742. The van der Waals surface area contributed by atoms with E-state index >= 15 is 0 Å². The van der Waals surface area contributed by atoms with E-state index in [-0.39, 0.29) is 12.6 Å². The van der Waals surface area contributed by atoms with Gasteiger partial charge in [0, 0.05) is 12.1 Å². The molecule has 0 bridgehead atoms. The van der Waals surface area contributed by atoms with Crippen LogP contribution in [-0.2, 0) is 5.60 Å². The van der Waals surface area contributed by atoms with Gasteiger partial charge in [-0.15, -0.1) is 0 Å². The standard InChI is InChI=1S/C20H29N3O4/c1-6-21-19(22-13-20(3,24)18-8-7-11-27-18)23-14(2)16-12-15(25-4)9-10-17(16)26-5/h7-12,14,24H,6,13H2,1-5H3,(H2,21,22,23). The number of ether oxygens (including phenoxy) is 2. The molecule has 3 N–H and O–H groups in total. The van der Waals surface area contributed by atoms with Gasteiger partial charge in [-0.1, -0.05) is 0 Å². The number of aliphatic hydroxyl groups is 1. The van der Waals surface area contributed by atoms with Gasteiger partial charge in [0.25, 0.3) is 0 Å². The summed E-state index contributed by atoms with van der Waals surface area (Å²) in [6.07, 6.45) is 1.54. The molecule has 7 heteroatoms. The quantitative estimate of drug-likeness (QED) is 0.486. The summed E-state index contributed by atoms with van der Waals surface area (Å²) >= 11 is 0. The van der Waals surface area contributed by atoms with Gasteiger partial charge >= 0.3 is 0 Å². The number of guanidine groups is 1. The minimum absolute atomic E-state index is 0.0959. The smallest absolute Gasteiger partial charge is 0.191 e. The maximum Gasteiger partial charge on any atom is 0.191 e. The van der Waals surface area contributed by atoms with Crippen molar-refractivity contribution in [3.63, 3.8) is 0 Å². The van der Waals surface area contributed by atoms with E-state index in [2.05, 4.69) is 15.6 Å². The van der Waals surface area contributed by atoms with Gasteiger partial charge in [-0.3, -0.25) is 0 Å². The minimum atomic E-state index is -1.19. The zero-order chi connectivity index (χ0) is 19.9. The van der Waals surface area contributed by atoms with E-state index in [9.17, 15) is 5.11 Å². The van der Waals surface area contributed by atoms with E-state index in [4.69, 9.17) is 13.9 Å². The third-order valence-electron chi connectivity index (χ3n) is 4.20. The van der Waals surface area contributed by atoms with Crippen molar-refractivity contribution in [1.29, 1.82) is 0 Å². The van der Waals surface area contributed by atoms with Crippen LogP contribution in [0.5, 0.6) is 11.5 Å². The largest absolute Gasteiger partial charge is 0.497 e. The minimum Gasteiger partial charge on any atom is -0.497 e. The lowest BCUT2D eigenvalue weighted by Gasteiger charge is -2.23. The maximum atomic E-state index is 10.6. The molecule has 0 radical (unpaired) electrons. The lowest BCUT2D eigenvalue weighted by atomic mass is 10.0. The fraction of sp³-hybridized carbons (Fsp3) is 0.450. The zero-order valence-corrected chi connectivity index (χ0v) is 16.6. The van der Waals surface area contributed by atoms with Crippen LogP contribution in [0, 0.1) is 0 Å². The normalized spacial score (nSPS) is 15.0. The van der Waals surface area contributed by atoms with Crippen molar-refractivity contribution in [1.82, 2.24) is 10.6 Å². The van der Waals surface area contributed by atoms with E-state index < -0.39 is 5.60 Å². The summed E-state index contributed by atoms with van der Waals surface area (Å²) in [5.74, 6) is 2.57. The summed E-state index contributed by atoms with van der Waals surface area (Å²) in [6, 6.07) is 9.04. The number of hydrogen-bond donors (Lipinski definition) is 3.